The van der Waals surface area contributed by atoms with Crippen molar-refractivity contribution in [1.82, 2.24) is 0 Å². The first kappa shape index (κ1) is 12.8. The Morgan fingerprint density at radius 2 is 1.47 bits per heavy atom. The van der Waals surface area contributed by atoms with Crippen molar-refractivity contribution in [3.05, 3.63) is 50.4 Å². The summed E-state index contributed by atoms with van der Waals surface area (Å²) in [6.07, 6.45) is 0. The van der Waals surface area contributed by atoms with E-state index in [4.69, 9.17) is 46.4 Å². The van der Waals surface area contributed by atoms with Gasteiger partial charge in [-0.05, 0) is 35.9 Å². The van der Waals surface area contributed by atoms with Gasteiger partial charge >= 0.3 is 0 Å². The molecule has 0 saturated heterocycles. The highest BCUT2D eigenvalue weighted by atomic mass is 35.5. The summed E-state index contributed by atoms with van der Waals surface area (Å²) in [6, 6.07) is 7.86. The lowest BCUT2D eigenvalue weighted by atomic mass is 10.1. The number of phenolic OH excluding ortho intramolecular Hbond substituents is 1. The van der Waals surface area contributed by atoms with Crippen LogP contribution >= 0.6 is 46.4 Å². The van der Waals surface area contributed by atoms with Crippen molar-refractivity contribution >= 4 is 46.4 Å². The van der Waals surface area contributed by atoms with E-state index in [0.29, 0.717) is 31.2 Å². The van der Waals surface area contributed by atoms with Crippen molar-refractivity contribution in [1.29, 1.82) is 0 Å². The Bertz CT molecular complexity index is 561. The van der Waals surface area contributed by atoms with Gasteiger partial charge in [-0.1, -0.05) is 46.4 Å². The highest BCUT2D eigenvalue weighted by molar-refractivity contribution is 6.46. The predicted octanol–water partition coefficient (Wildman–Crippen LogP) is 5.67. The molecule has 0 aliphatic heterocycles. The van der Waals surface area contributed by atoms with Crippen LogP contribution in [-0.4, -0.2) is 5.11 Å². The Morgan fingerprint density at radius 1 is 0.824 bits per heavy atom. The molecule has 0 unspecified atom stereocenters. The van der Waals surface area contributed by atoms with Crippen molar-refractivity contribution in [3.63, 3.8) is 0 Å². The molecule has 0 heterocycles. The molecule has 2 aromatic rings. The van der Waals surface area contributed by atoms with E-state index in [9.17, 15) is 5.11 Å². The SMILES string of the molecule is Oc1cc(Cl)cc(-c2c(Cl)ccc(Cl)c2Cl)c1. The van der Waals surface area contributed by atoms with Crippen molar-refractivity contribution in [2.45, 2.75) is 0 Å². The molecule has 5 heteroatoms. The number of rotatable bonds is 1. The summed E-state index contributed by atoms with van der Waals surface area (Å²) >= 11 is 24.0. The van der Waals surface area contributed by atoms with Gasteiger partial charge in [0.1, 0.15) is 5.75 Å². The molecule has 0 saturated carbocycles. The van der Waals surface area contributed by atoms with Crippen molar-refractivity contribution in [2.75, 3.05) is 0 Å². The predicted molar refractivity (Wildman–Crippen MR) is 73.6 cm³/mol. The summed E-state index contributed by atoms with van der Waals surface area (Å²) in [5, 5.41) is 11.1. The molecule has 0 aromatic heterocycles. The summed E-state index contributed by atoms with van der Waals surface area (Å²) in [4.78, 5) is 0. The molecule has 1 N–H and O–H groups in total. The van der Waals surface area contributed by atoms with E-state index in [-0.39, 0.29) is 5.75 Å². The first-order valence-electron chi connectivity index (χ1n) is 4.62. The lowest BCUT2D eigenvalue weighted by molar-refractivity contribution is 0.475. The molecule has 2 aromatic carbocycles. The van der Waals surface area contributed by atoms with Gasteiger partial charge in [-0.2, -0.15) is 0 Å². The lowest BCUT2D eigenvalue weighted by Crippen LogP contribution is -1.83. The molecule has 0 atom stereocenters. The third-order valence-corrected chi connectivity index (χ3v) is 3.55. The van der Waals surface area contributed by atoms with Crippen LogP contribution in [0.3, 0.4) is 0 Å². The second-order valence-electron chi connectivity index (χ2n) is 3.42. The standard InChI is InChI=1S/C12H6Cl4O/c13-7-3-6(4-8(17)5-7)11-9(14)1-2-10(15)12(11)16/h1-5,17H. The fraction of sp³-hybridized carbons (Fsp3) is 0. The second-order valence-corrected chi connectivity index (χ2v) is 5.05. The van der Waals surface area contributed by atoms with Gasteiger partial charge in [0, 0.05) is 15.6 Å². The first-order valence-corrected chi connectivity index (χ1v) is 6.13. The monoisotopic (exact) mass is 306 g/mol. The largest absolute Gasteiger partial charge is 0.508 e. The van der Waals surface area contributed by atoms with Gasteiger partial charge in [0.05, 0.1) is 10.0 Å². The molecule has 17 heavy (non-hydrogen) atoms. The molecule has 0 aliphatic carbocycles. The highest BCUT2D eigenvalue weighted by Gasteiger charge is 2.13. The number of hydrogen-bond acceptors (Lipinski definition) is 1. The van der Waals surface area contributed by atoms with Crippen molar-refractivity contribution < 1.29 is 5.11 Å². The van der Waals surface area contributed by atoms with Gasteiger partial charge in [-0.3, -0.25) is 0 Å². The average Bonchev–Trinajstić information content (AvgIpc) is 2.23. The smallest absolute Gasteiger partial charge is 0.117 e. The normalized spacial score (nSPS) is 10.6. The van der Waals surface area contributed by atoms with Gasteiger partial charge in [0.15, 0.2) is 0 Å². The molecule has 2 rings (SSSR count). The highest BCUT2D eigenvalue weighted by Crippen LogP contribution is 2.40. The zero-order valence-electron chi connectivity index (χ0n) is 8.35. The summed E-state index contributed by atoms with van der Waals surface area (Å²) in [7, 11) is 0. The number of halogens is 4. The second kappa shape index (κ2) is 4.95. The lowest BCUT2D eigenvalue weighted by Gasteiger charge is -2.09. The Hall–Kier alpha value is -0.600. The van der Waals surface area contributed by atoms with Crippen LogP contribution in [0, 0.1) is 0 Å². The van der Waals surface area contributed by atoms with E-state index in [1.165, 1.54) is 12.1 Å². The van der Waals surface area contributed by atoms with Crippen LogP contribution in [-0.2, 0) is 0 Å². The van der Waals surface area contributed by atoms with Crippen molar-refractivity contribution in [2.24, 2.45) is 0 Å². The van der Waals surface area contributed by atoms with Crippen LogP contribution in [0.25, 0.3) is 11.1 Å². The van der Waals surface area contributed by atoms with E-state index >= 15 is 0 Å². The quantitative estimate of drug-likeness (QED) is 0.673. The molecule has 0 bridgehead atoms. The zero-order valence-corrected chi connectivity index (χ0v) is 11.4. The minimum atomic E-state index is 0.0413. The van der Waals surface area contributed by atoms with E-state index in [0.717, 1.165) is 0 Å². The van der Waals surface area contributed by atoms with Gasteiger partial charge in [-0.25, -0.2) is 0 Å². The van der Waals surface area contributed by atoms with E-state index in [2.05, 4.69) is 0 Å². The summed E-state index contributed by atoms with van der Waals surface area (Å²) in [5.41, 5.74) is 1.17. The van der Waals surface area contributed by atoms with Gasteiger partial charge in [-0.15, -0.1) is 0 Å². The molecule has 0 fully saturated rings. The maximum atomic E-state index is 9.50. The molecule has 0 amide bonds. The first-order chi connectivity index (χ1) is 7.99. The van der Waals surface area contributed by atoms with Gasteiger partial charge in [0.2, 0.25) is 0 Å². The fourth-order valence-corrected chi connectivity index (χ4v) is 2.49. The molecule has 0 radical (unpaired) electrons. The molecule has 0 aliphatic rings. The molecule has 1 nitrogen and oxygen atoms in total. The van der Waals surface area contributed by atoms with Crippen LogP contribution in [0.4, 0.5) is 0 Å². The number of benzene rings is 2. The Morgan fingerprint density at radius 3 is 2.12 bits per heavy atom. The fourth-order valence-electron chi connectivity index (χ4n) is 1.51. The Kier molecular flexibility index (Phi) is 3.74. The molecular formula is C12H6Cl4O. The minimum absolute atomic E-state index is 0.0413. The van der Waals surface area contributed by atoms with Crippen LogP contribution in [0.5, 0.6) is 5.75 Å². The van der Waals surface area contributed by atoms with Crippen LogP contribution in [0.15, 0.2) is 30.3 Å². The number of phenols is 1. The molecule has 0 spiro atoms. The maximum Gasteiger partial charge on any atom is 0.117 e. The summed E-state index contributed by atoms with van der Waals surface area (Å²) in [6.45, 7) is 0. The summed E-state index contributed by atoms with van der Waals surface area (Å²) < 4.78 is 0. The minimum Gasteiger partial charge on any atom is -0.508 e. The van der Waals surface area contributed by atoms with Crippen LogP contribution in [0.2, 0.25) is 20.1 Å². The van der Waals surface area contributed by atoms with E-state index in [1.54, 1.807) is 18.2 Å². The van der Waals surface area contributed by atoms with Gasteiger partial charge in [0.25, 0.3) is 0 Å². The zero-order chi connectivity index (χ0) is 12.6. The van der Waals surface area contributed by atoms with Crippen LogP contribution < -0.4 is 0 Å². The summed E-state index contributed by atoms with van der Waals surface area (Å²) in [5.74, 6) is 0.0413. The van der Waals surface area contributed by atoms with E-state index in [1.807, 2.05) is 0 Å². The van der Waals surface area contributed by atoms with Crippen LogP contribution in [0.1, 0.15) is 0 Å². The average molecular weight is 308 g/mol. The Labute approximate surface area is 118 Å². The number of aromatic hydroxyl groups is 1. The van der Waals surface area contributed by atoms with E-state index < -0.39 is 0 Å². The van der Waals surface area contributed by atoms with Crippen molar-refractivity contribution in [3.8, 4) is 16.9 Å². The number of hydrogen-bond donors (Lipinski definition) is 1. The molecular weight excluding hydrogens is 302 g/mol. The molecule has 88 valence electrons. The van der Waals surface area contributed by atoms with Gasteiger partial charge < -0.3 is 5.11 Å². The Balaban J connectivity index is 2.72. The topological polar surface area (TPSA) is 20.2 Å². The maximum absolute atomic E-state index is 9.50. The third-order valence-electron chi connectivity index (χ3n) is 2.22. The third kappa shape index (κ3) is 2.63.